The lowest BCUT2D eigenvalue weighted by atomic mass is 9.89. The molecule has 0 radical (unpaired) electrons. The Kier molecular flexibility index (Phi) is 1.48. The van der Waals surface area contributed by atoms with Gasteiger partial charge in [-0.15, -0.1) is 0 Å². The van der Waals surface area contributed by atoms with Crippen molar-refractivity contribution in [3.05, 3.63) is 0 Å². The molecule has 0 aromatic rings. The summed E-state index contributed by atoms with van der Waals surface area (Å²) in [4.78, 5) is 2.63. The molecular formula is C9H17N. The number of likely N-dealkylation sites (N-methyl/N-ethyl adjacent to an activating group) is 1. The van der Waals surface area contributed by atoms with Crippen molar-refractivity contribution in [3.8, 4) is 0 Å². The van der Waals surface area contributed by atoms with Crippen LogP contribution in [0.4, 0.5) is 0 Å². The number of hydrogen-bond donors (Lipinski definition) is 0. The van der Waals surface area contributed by atoms with E-state index in [0.717, 1.165) is 5.54 Å². The van der Waals surface area contributed by atoms with E-state index in [1.807, 2.05) is 0 Å². The molecule has 1 unspecified atom stereocenters. The highest BCUT2D eigenvalue weighted by Gasteiger charge is 2.50. The van der Waals surface area contributed by atoms with Crippen LogP contribution in [0.3, 0.4) is 0 Å². The van der Waals surface area contributed by atoms with Crippen LogP contribution in [0, 0.1) is 0 Å². The summed E-state index contributed by atoms with van der Waals surface area (Å²) in [6.45, 7) is 4.97. The first-order valence-electron chi connectivity index (χ1n) is 4.62. The Morgan fingerprint density at radius 1 is 1.20 bits per heavy atom. The highest BCUT2D eigenvalue weighted by Crippen LogP contribution is 2.44. The maximum Gasteiger partial charge on any atom is 0.0337 e. The highest BCUT2D eigenvalue weighted by molar-refractivity contribution is 5.07. The fraction of sp³-hybridized carbons (Fsp3) is 1.00. The first kappa shape index (κ1) is 6.66. The molecule has 1 spiro atoms. The molecule has 0 N–H and O–H groups in total. The molecule has 0 aromatic heterocycles. The van der Waals surface area contributed by atoms with Crippen LogP contribution in [0.2, 0.25) is 0 Å². The van der Waals surface area contributed by atoms with Crippen molar-refractivity contribution in [2.75, 3.05) is 13.1 Å². The largest absolute Gasteiger partial charge is 0.295 e. The zero-order valence-corrected chi connectivity index (χ0v) is 6.90. The van der Waals surface area contributed by atoms with Crippen LogP contribution in [0.5, 0.6) is 0 Å². The third kappa shape index (κ3) is 0.878. The first-order valence-corrected chi connectivity index (χ1v) is 4.62. The minimum atomic E-state index is 0.729. The number of nitrogens with zero attached hydrogens (tertiary/aromatic N) is 1. The van der Waals surface area contributed by atoms with Gasteiger partial charge in [-0.25, -0.2) is 0 Å². The van der Waals surface area contributed by atoms with Crippen LogP contribution < -0.4 is 0 Å². The molecule has 2 aliphatic rings. The third-order valence-corrected chi connectivity index (χ3v) is 3.22. The van der Waals surface area contributed by atoms with Crippen LogP contribution in [-0.4, -0.2) is 23.5 Å². The molecule has 1 saturated carbocycles. The highest BCUT2D eigenvalue weighted by atomic mass is 15.4. The maximum atomic E-state index is 2.63. The van der Waals surface area contributed by atoms with Crippen molar-refractivity contribution >= 4 is 0 Å². The van der Waals surface area contributed by atoms with Gasteiger partial charge in [-0.3, -0.25) is 4.90 Å². The van der Waals surface area contributed by atoms with Crippen molar-refractivity contribution in [1.82, 2.24) is 4.90 Å². The maximum absolute atomic E-state index is 2.63. The summed E-state index contributed by atoms with van der Waals surface area (Å²) in [5, 5.41) is 0. The van der Waals surface area contributed by atoms with E-state index in [4.69, 9.17) is 0 Å². The quantitative estimate of drug-likeness (QED) is 0.502. The van der Waals surface area contributed by atoms with Gasteiger partial charge < -0.3 is 0 Å². The first-order chi connectivity index (χ1) is 4.87. The smallest absolute Gasteiger partial charge is 0.0337 e. The second-order valence-corrected chi connectivity index (χ2v) is 3.80. The molecule has 58 valence electrons. The summed E-state index contributed by atoms with van der Waals surface area (Å²) >= 11 is 0. The second kappa shape index (κ2) is 2.23. The van der Waals surface area contributed by atoms with Gasteiger partial charge in [0.15, 0.2) is 0 Å². The number of rotatable bonds is 1. The van der Waals surface area contributed by atoms with E-state index >= 15 is 0 Å². The van der Waals surface area contributed by atoms with Gasteiger partial charge in [0.25, 0.3) is 0 Å². The molecular weight excluding hydrogens is 122 g/mol. The lowest BCUT2D eigenvalue weighted by Gasteiger charge is -2.21. The Morgan fingerprint density at radius 3 is 2.40 bits per heavy atom. The zero-order valence-electron chi connectivity index (χ0n) is 6.90. The Bertz CT molecular complexity index is 125. The van der Waals surface area contributed by atoms with Crippen molar-refractivity contribution in [2.24, 2.45) is 0 Å². The molecule has 1 saturated heterocycles. The molecule has 0 aromatic carbocycles. The summed E-state index contributed by atoms with van der Waals surface area (Å²) in [6.07, 6.45) is 7.42. The lowest BCUT2D eigenvalue weighted by molar-refractivity contribution is 0.318. The topological polar surface area (TPSA) is 3.01 Å². The van der Waals surface area contributed by atoms with Gasteiger partial charge in [-0.2, -0.15) is 0 Å². The van der Waals surface area contributed by atoms with E-state index in [9.17, 15) is 0 Å². The van der Waals surface area contributed by atoms with Gasteiger partial charge in [0.1, 0.15) is 0 Å². The van der Waals surface area contributed by atoms with Gasteiger partial charge in [0.2, 0.25) is 0 Å². The summed E-state index contributed by atoms with van der Waals surface area (Å²) < 4.78 is 0. The SMILES string of the molecule is CCN1CC12CCCCC2. The van der Waals surface area contributed by atoms with E-state index in [1.165, 1.54) is 45.2 Å². The normalized spacial score (nSPS) is 36.3. The summed E-state index contributed by atoms with van der Waals surface area (Å²) in [5.74, 6) is 0. The predicted octanol–water partition coefficient (Wildman–Crippen LogP) is 2.02. The average Bonchev–Trinajstić information content (AvgIpc) is 2.65. The third-order valence-electron chi connectivity index (χ3n) is 3.22. The van der Waals surface area contributed by atoms with Crippen LogP contribution >= 0.6 is 0 Å². The zero-order chi connectivity index (χ0) is 7.03. The minimum Gasteiger partial charge on any atom is -0.295 e. The molecule has 10 heavy (non-hydrogen) atoms. The molecule has 0 amide bonds. The van der Waals surface area contributed by atoms with Crippen molar-refractivity contribution in [3.63, 3.8) is 0 Å². The van der Waals surface area contributed by atoms with Crippen molar-refractivity contribution in [1.29, 1.82) is 0 Å². The van der Waals surface area contributed by atoms with Crippen LogP contribution in [-0.2, 0) is 0 Å². The van der Waals surface area contributed by atoms with E-state index in [-0.39, 0.29) is 0 Å². The minimum absolute atomic E-state index is 0.729. The number of hydrogen-bond acceptors (Lipinski definition) is 1. The Hall–Kier alpha value is -0.0400. The van der Waals surface area contributed by atoms with E-state index < -0.39 is 0 Å². The van der Waals surface area contributed by atoms with Gasteiger partial charge >= 0.3 is 0 Å². The predicted molar refractivity (Wildman–Crippen MR) is 43.1 cm³/mol. The summed E-state index contributed by atoms with van der Waals surface area (Å²) in [5.41, 5.74) is 0.729. The molecule has 0 bridgehead atoms. The Morgan fingerprint density at radius 2 is 1.90 bits per heavy atom. The van der Waals surface area contributed by atoms with Gasteiger partial charge in [0, 0.05) is 12.1 Å². The Labute approximate surface area is 63.4 Å². The molecule has 1 heteroatoms. The lowest BCUT2D eigenvalue weighted by Crippen LogP contribution is -2.21. The molecule has 1 nitrogen and oxygen atoms in total. The second-order valence-electron chi connectivity index (χ2n) is 3.80. The van der Waals surface area contributed by atoms with Crippen LogP contribution in [0.25, 0.3) is 0 Å². The monoisotopic (exact) mass is 139 g/mol. The molecule has 1 heterocycles. The summed E-state index contributed by atoms with van der Waals surface area (Å²) in [6, 6.07) is 0. The van der Waals surface area contributed by atoms with Gasteiger partial charge in [-0.05, 0) is 19.4 Å². The van der Waals surface area contributed by atoms with Crippen LogP contribution in [0.1, 0.15) is 39.0 Å². The fourth-order valence-electron chi connectivity index (χ4n) is 2.45. The average molecular weight is 139 g/mol. The van der Waals surface area contributed by atoms with Crippen molar-refractivity contribution < 1.29 is 0 Å². The van der Waals surface area contributed by atoms with Crippen molar-refractivity contribution in [2.45, 2.75) is 44.6 Å². The van der Waals surface area contributed by atoms with Gasteiger partial charge in [-0.1, -0.05) is 26.2 Å². The molecule has 2 fully saturated rings. The standard InChI is InChI=1S/C9H17N/c1-2-10-8-9(10)6-4-3-5-7-9/h2-8H2,1H3. The Balaban J connectivity index is 1.92. The van der Waals surface area contributed by atoms with Gasteiger partial charge in [0.05, 0.1) is 0 Å². The van der Waals surface area contributed by atoms with E-state index in [2.05, 4.69) is 11.8 Å². The van der Waals surface area contributed by atoms with Crippen LogP contribution in [0.15, 0.2) is 0 Å². The summed E-state index contributed by atoms with van der Waals surface area (Å²) in [7, 11) is 0. The van der Waals surface area contributed by atoms with E-state index in [0.29, 0.717) is 0 Å². The fourth-order valence-corrected chi connectivity index (χ4v) is 2.45. The molecule has 1 aliphatic carbocycles. The molecule has 1 atom stereocenters. The molecule has 1 aliphatic heterocycles. The van der Waals surface area contributed by atoms with E-state index in [1.54, 1.807) is 0 Å². The molecule has 2 rings (SSSR count).